The molecule has 2 rings (SSSR count). The van der Waals surface area contributed by atoms with Crippen molar-refractivity contribution in [3.63, 3.8) is 0 Å². The van der Waals surface area contributed by atoms with Gasteiger partial charge in [0, 0.05) is 25.3 Å². The van der Waals surface area contributed by atoms with Gasteiger partial charge in [0.25, 0.3) is 5.91 Å². The summed E-state index contributed by atoms with van der Waals surface area (Å²) in [5, 5.41) is 3.86. The molecule has 0 saturated heterocycles. The van der Waals surface area contributed by atoms with Crippen molar-refractivity contribution >= 4 is 17.8 Å². The van der Waals surface area contributed by atoms with Gasteiger partial charge in [-0.2, -0.15) is 5.10 Å². The van der Waals surface area contributed by atoms with Crippen LogP contribution in [0.5, 0.6) is 0 Å². The quantitative estimate of drug-likeness (QED) is 0.686. The van der Waals surface area contributed by atoms with E-state index in [1.54, 1.807) is 18.2 Å². The van der Waals surface area contributed by atoms with E-state index >= 15 is 0 Å². The van der Waals surface area contributed by atoms with Crippen LogP contribution in [0, 0.1) is 6.92 Å². The molecule has 0 fully saturated rings. The van der Waals surface area contributed by atoms with Crippen LogP contribution in [0.3, 0.4) is 0 Å². The average molecular weight is 271 g/mol. The zero-order valence-corrected chi connectivity index (χ0v) is 11.8. The summed E-state index contributed by atoms with van der Waals surface area (Å²) in [4.78, 5) is 13.8. The zero-order chi connectivity index (χ0) is 14.5. The van der Waals surface area contributed by atoms with E-state index in [4.69, 9.17) is 4.42 Å². The minimum atomic E-state index is -0.255. The number of benzene rings is 1. The van der Waals surface area contributed by atoms with Crippen molar-refractivity contribution in [2.75, 3.05) is 19.0 Å². The van der Waals surface area contributed by atoms with Crippen LogP contribution in [-0.4, -0.2) is 26.2 Å². The van der Waals surface area contributed by atoms with Crippen molar-refractivity contribution < 1.29 is 9.21 Å². The van der Waals surface area contributed by atoms with E-state index in [1.165, 1.54) is 6.21 Å². The standard InChI is InChI=1S/C15H17N3O2/c1-11-4-9-14(20-11)10-16-17-15(19)12-5-7-13(8-6-12)18(2)3/h4-10H,1-3H3,(H,17,19)/b16-10+. The van der Waals surface area contributed by atoms with Gasteiger partial charge in [0.2, 0.25) is 0 Å². The average Bonchev–Trinajstić information content (AvgIpc) is 2.84. The summed E-state index contributed by atoms with van der Waals surface area (Å²) < 4.78 is 5.31. The Morgan fingerprint density at radius 1 is 1.20 bits per heavy atom. The molecule has 1 N–H and O–H groups in total. The molecule has 1 amide bonds. The highest BCUT2D eigenvalue weighted by molar-refractivity contribution is 5.95. The lowest BCUT2D eigenvalue weighted by atomic mass is 10.2. The molecular weight excluding hydrogens is 254 g/mol. The number of aryl methyl sites for hydroxylation is 1. The fourth-order valence-electron chi connectivity index (χ4n) is 1.65. The van der Waals surface area contributed by atoms with Crippen LogP contribution >= 0.6 is 0 Å². The van der Waals surface area contributed by atoms with Gasteiger partial charge in [-0.15, -0.1) is 0 Å². The van der Waals surface area contributed by atoms with E-state index < -0.39 is 0 Å². The SMILES string of the molecule is Cc1ccc(/C=N/NC(=O)c2ccc(N(C)C)cc2)o1. The van der Waals surface area contributed by atoms with Gasteiger partial charge < -0.3 is 9.32 Å². The second kappa shape index (κ2) is 6.06. The second-order valence-electron chi connectivity index (χ2n) is 4.59. The highest BCUT2D eigenvalue weighted by Crippen LogP contribution is 2.12. The summed E-state index contributed by atoms with van der Waals surface area (Å²) in [6.07, 6.45) is 1.47. The Labute approximate surface area is 117 Å². The summed E-state index contributed by atoms with van der Waals surface area (Å²) in [7, 11) is 3.90. The number of carbonyl (C=O) groups excluding carboxylic acids is 1. The molecule has 0 unspecified atom stereocenters. The molecule has 1 aromatic heterocycles. The van der Waals surface area contributed by atoms with Gasteiger partial charge in [-0.05, 0) is 43.3 Å². The van der Waals surface area contributed by atoms with Gasteiger partial charge >= 0.3 is 0 Å². The summed E-state index contributed by atoms with van der Waals surface area (Å²) >= 11 is 0. The number of anilines is 1. The summed E-state index contributed by atoms with van der Waals surface area (Å²) in [6.45, 7) is 1.85. The van der Waals surface area contributed by atoms with Gasteiger partial charge in [-0.25, -0.2) is 5.43 Å². The van der Waals surface area contributed by atoms with Gasteiger partial charge in [0.15, 0.2) is 0 Å². The molecular formula is C15H17N3O2. The van der Waals surface area contributed by atoms with Crippen molar-refractivity contribution in [3.8, 4) is 0 Å². The minimum Gasteiger partial charge on any atom is -0.460 e. The van der Waals surface area contributed by atoms with Crippen LogP contribution in [-0.2, 0) is 0 Å². The number of rotatable bonds is 4. The van der Waals surface area contributed by atoms with Crippen LogP contribution < -0.4 is 10.3 Å². The molecule has 1 heterocycles. The van der Waals surface area contributed by atoms with Crippen molar-refractivity contribution in [2.24, 2.45) is 5.10 Å². The van der Waals surface area contributed by atoms with Gasteiger partial charge in [0.1, 0.15) is 11.5 Å². The van der Waals surface area contributed by atoms with E-state index in [-0.39, 0.29) is 5.91 Å². The lowest BCUT2D eigenvalue weighted by Crippen LogP contribution is -2.17. The van der Waals surface area contributed by atoms with E-state index in [0.717, 1.165) is 11.4 Å². The molecule has 0 atom stereocenters. The van der Waals surface area contributed by atoms with Crippen molar-refractivity contribution in [3.05, 3.63) is 53.5 Å². The lowest BCUT2D eigenvalue weighted by molar-refractivity contribution is 0.0955. The smallest absolute Gasteiger partial charge is 0.271 e. The van der Waals surface area contributed by atoms with Crippen LogP contribution in [0.25, 0.3) is 0 Å². The first-order valence-corrected chi connectivity index (χ1v) is 6.23. The number of carbonyl (C=O) groups is 1. The summed E-state index contributed by atoms with van der Waals surface area (Å²) in [5.41, 5.74) is 4.06. The topological polar surface area (TPSA) is 57.8 Å². The Kier molecular flexibility index (Phi) is 4.20. The minimum absolute atomic E-state index is 0.255. The molecule has 104 valence electrons. The normalized spacial score (nSPS) is 10.8. The van der Waals surface area contributed by atoms with Crippen molar-refractivity contribution in [1.82, 2.24) is 5.43 Å². The first kappa shape index (κ1) is 13.9. The van der Waals surface area contributed by atoms with E-state index in [0.29, 0.717) is 11.3 Å². The maximum absolute atomic E-state index is 11.9. The van der Waals surface area contributed by atoms with Crippen molar-refractivity contribution in [1.29, 1.82) is 0 Å². The number of amides is 1. The Morgan fingerprint density at radius 2 is 1.90 bits per heavy atom. The summed E-state index contributed by atoms with van der Waals surface area (Å²) in [5.74, 6) is 1.15. The van der Waals surface area contributed by atoms with Crippen LogP contribution in [0.1, 0.15) is 21.9 Å². The molecule has 20 heavy (non-hydrogen) atoms. The molecule has 0 aliphatic heterocycles. The summed E-state index contributed by atoms with van der Waals surface area (Å²) in [6, 6.07) is 10.9. The van der Waals surface area contributed by atoms with E-state index in [2.05, 4.69) is 10.5 Å². The fraction of sp³-hybridized carbons (Fsp3) is 0.200. The predicted octanol–water partition coefficient (Wildman–Crippen LogP) is 2.42. The Morgan fingerprint density at radius 3 is 2.45 bits per heavy atom. The maximum Gasteiger partial charge on any atom is 0.271 e. The predicted molar refractivity (Wildman–Crippen MR) is 79.3 cm³/mol. The number of furan rings is 1. The Bertz CT molecular complexity index is 612. The first-order chi connectivity index (χ1) is 9.56. The van der Waals surface area contributed by atoms with Crippen LogP contribution in [0.4, 0.5) is 5.69 Å². The van der Waals surface area contributed by atoms with Crippen LogP contribution in [0.15, 0.2) is 45.9 Å². The third-order valence-electron chi connectivity index (χ3n) is 2.76. The molecule has 0 bridgehead atoms. The number of hydrazone groups is 1. The highest BCUT2D eigenvalue weighted by Gasteiger charge is 2.04. The van der Waals surface area contributed by atoms with Gasteiger partial charge in [-0.3, -0.25) is 4.79 Å². The Balaban J connectivity index is 1.96. The van der Waals surface area contributed by atoms with Gasteiger partial charge in [-0.1, -0.05) is 0 Å². The number of hydrogen-bond acceptors (Lipinski definition) is 4. The maximum atomic E-state index is 11.9. The third kappa shape index (κ3) is 3.47. The zero-order valence-electron chi connectivity index (χ0n) is 11.8. The molecule has 0 aliphatic carbocycles. The van der Waals surface area contributed by atoms with Crippen molar-refractivity contribution in [2.45, 2.75) is 6.92 Å². The molecule has 5 heteroatoms. The fourth-order valence-corrected chi connectivity index (χ4v) is 1.65. The van der Waals surface area contributed by atoms with E-state index in [1.807, 2.05) is 44.1 Å². The number of nitrogens with zero attached hydrogens (tertiary/aromatic N) is 2. The molecule has 0 aliphatic rings. The number of hydrogen-bond donors (Lipinski definition) is 1. The largest absolute Gasteiger partial charge is 0.460 e. The molecule has 2 aromatic rings. The first-order valence-electron chi connectivity index (χ1n) is 6.23. The monoisotopic (exact) mass is 271 g/mol. The lowest BCUT2D eigenvalue weighted by Gasteiger charge is -2.12. The molecule has 0 radical (unpaired) electrons. The highest BCUT2D eigenvalue weighted by atomic mass is 16.3. The molecule has 1 aromatic carbocycles. The van der Waals surface area contributed by atoms with E-state index in [9.17, 15) is 4.79 Å². The third-order valence-corrected chi connectivity index (χ3v) is 2.76. The molecule has 5 nitrogen and oxygen atoms in total. The molecule has 0 spiro atoms. The second-order valence-corrected chi connectivity index (χ2v) is 4.59. The van der Waals surface area contributed by atoms with Crippen LogP contribution in [0.2, 0.25) is 0 Å². The number of nitrogens with one attached hydrogen (secondary N) is 1. The van der Waals surface area contributed by atoms with Gasteiger partial charge in [0.05, 0.1) is 6.21 Å². The Hall–Kier alpha value is -2.56. The molecule has 0 saturated carbocycles.